The van der Waals surface area contributed by atoms with E-state index in [9.17, 15) is 0 Å². The number of aromatic nitrogens is 2. The van der Waals surface area contributed by atoms with Crippen molar-refractivity contribution in [3.63, 3.8) is 0 Å². The second kappa shape index (κ2) is 4.53. The molecule has 0 spiro atoms. The van der Waals surface area contributed by atoms with E-state index in [2.05, 4.69) is 15.5 Å². The average Bonchev–Trinajstić information content (AvgIpc) is 2.78. The van der Waals surface area contributed by atoms with Crippen LogP contribution in [0.25, 0.3) is 0 Å². The Morgan fingerprint density at radius 2 is 2.00 bits per heavy atom. The standard InChI is InChI=1S/C12H19N3O/c1-2-4-9(3-1)7-12-14-11(15-16-12)8-13-10-5-6-10/h9-10,13H,1-8H2. The molecule has 1 aromatic heterocycles. The largest absolute Gasteiger partial charge is 0.339 e. The Labute approximate surface area is 95.8 Å². The topological polar surface area (TPSA) is 51.0 Å². The molecule has 16 heavy (non-hydrogen) atoms. The molecule has 0 aliphatic heterocycles. The quantitative estimate of drug-likeness (QED) is 0.826. The van der Waals surface area contributed by atoms with Crippen molar-refractivity contribution < 1.29 is 4.52 Å². The predicted molar refractivity (Wildman–Crippen MR) is 59.8 cm³/mol. The lowest BCUT2D eigenvalue weighted by atomic mass is 10.0. The maximum absolute atomic E-state index is 5.28. The van der Waals surface area contributed by atoms with Crippen molar-refractivity contribution in [2.24, 2.45) is 5.92 Å². The molecule has 1 heterocycles. The number of nitrogens with one attached hydrogen (secondary N) is 1. The van der Waals surface area contributed by atoms with Crippen molar-refractivity contribution in [3.8, 4) is 0 Å². The number of hydrogen-bond donors (Lipinski definition) is 1. The normalized spacial score (nSPS) is 21.8. The molecule has 0 unspecified atom stereocenters. The maximum Gasteiger partial charge on any atom is 0.226 e. The second-order valence-electron chi connectivity index (χ2n) is 5.11. The summed E-state index contributed by atoms with van der Waals surface area (Å²) in [7, 11) is 0. The monoisotopic (exact) mass is 221 g/mol. The van der Waals surface area contributed by atoms with Crippen LogP contribution >= 0.6 is 0 Å². The van der Waals surface area contributed by atoms with E-state index in [0.717, 1.165) is 30.6 Å². The molecule has 1 N–H and O–H groups in total. The first-order valence-corrected chi connectivity index (χ1v) is 6.45. The predicted octanol–water partition coefficient (Wildman–Crippen LogP) is 2.05. The van der Waals surface area contributed by atoms with E-state index in [1.807, 2.05) is 0 Å². The molecule has 2 saturated carbocycles. The third kappa shape index (κ3) is 2.61. The molecule has 1 aromatic rings. The van der Waals surface area contributed by atoms with Crippen LogP contribution in [0.15, 0.2) is 4.52 Å². The van der Waals surface area contributed by atoms with Gasteiger partial charge in [-0.25, -0.2) is 0 Å². The Kier molecular flexibility index (Phi) is 2.91. The Morgan fingerprint density at radius 1 is 1.19 bits per heavy atom. The zero-order chi connectivity index (χ0) is 10.8. The SMILES string of the molecule is C1CCC(Cc2nc(CNC3CC3)no2)C1. The summed E-state index contributed by atoms with van der Waals surface area (Å²) in [6, 6.07) is 0.705. The van der Waals surface area contributed by atoms with E-state index in [1.165, 1.54) is 38.5 Å². The van der Waals surface area contributed by atoms with Gasteiger partial charge in [-0.15, -0.1) is 0 Å². The lowest BCUT2D eigenvalue weighted by Crippen LogP contribution is -2.16. The van der Waals surface area contributed by atoms with E-state index in [-0.39, 0.29) is 0 Å². The van der Waals surface area contributed by atoms with Gasteiger partial charge in [0.15, 0.2) is 5.82 Å². The van der Waals surface area contributed by atoms with Crippen LogP contribution in [0.4, 0.5) is 0 Å². The van der Waals surface area contributed by atoms with Crippen LogP contribution < -0.4 is 5.32 Å². The first-order valence-electron chi connectivity index (χ1n) is 6.45. The van der Waals surface area contributed by atoms with E-state index < -0.39 is 0 Å². The number of hydrogen-bond acceptors (Lipinski definition) is 4. The molecule has 0 atom stereocenters. The van der Waals surface area contributed by atoms with Gasteiger partial charge >= 0.3 is 0 Å². The zero-order valence-corrected chi connectivity index (χ0v) is 9.61. The van der Waals surface area contributed by atoms with Crippen LogP contribution in [0, 0.1) is 5.92 Å². The van der Waals surface area contributed by atoms with Gasteiger partial charge < -0.3 is 9.84 Å². The minimum Gasteiger partial charge on any atom is -0.339 e. The lowest BCUT2D eigenvalue weighted by molar-refractivity contribution is 0.348. The highest BCUT2D eigenvalue weighted by molar-refractivity contribution is 4.91. The minimum atomic E-state index is 0.705. The third-order valence-corrected chi connectivity index (χ3v) is 3.57. The summed E-state index contributed by atoms with van der Waals surface area (Å²) in [5.41, 5.74) is 0. The van der Waals surface area contributed by atoms with Crippen LogP contribution in [0.1, 0.15) is 50.2 Å². The van der Waals surface area contributed by atoms with Crippen molar-refractivity contribution in [2.75, 3.05) is 0 Å². The van der Waals surface area contributed by atoms with Gasteiger partial charge in [0, 0.05) is 12.5 Å². The smallest absolute Gasteiger partial charge is 0.226 e. The van der Waals surface area contributed by atoms with Crippen LogP contribution in [0.2, 0.25) is 0 Å². The van der Waals surface area contributed by atoms with E-state index in [0.29, 0.717) is 6.04 Å². The Balaban J connectivity index is 1.50. The van der Waals surface area contributed by atoms with Gasteiger partial charge in [0.1, 0.15) is 0 Å². The molecule has 0 saturated heterocycles. The molecular weight excluding hydrogens is 202 g/mol. The summed E-state index contributed by atoms with van der Waals surface area (Å²) in [6.07, 6.45) is 8.98. The maximum atomic E-state index is 5.28. The summed E-state index contributed by atoms with van der Waals surface area (Å²) in [6.45, 7) is 0.763. The Hall–Kier alpha value is -0.900. The fraction of sp³-hybridized carbons (Fsp3) is 0.833. The van der Waals surface area contributed by atoms with Crippen LogP contribution in [-0.4, -0.2) is 16.2 Å². The second-order valence-corrected chi connectivity index (χ2v) is 5.11. The van der Waals surface area contributed by atoms with Gasteiger partial charge in [-0.2, -0.15) is 4.98 Å². The molecule has 3 rings (SSSR count). The average molecular weight is 221 g/mol. The van der Waals surface area contributed by atoms with Gasteiger partial charge in [-0.05, 0) is 31.6 Å². The van der Waals surface area contributed by atoms with Gasteiger partial charge in [0.2, 0.25) is 5.89 Å². The highest BCUT2D eigenvalue weighted by Gasteiger charge is 2.22. The van der Waals surface area contributed by atoms with E-state index >= 15 is 0 Å². The van der Waals surface area contributed by atoms with Gasteiger partial charge in [-0.1, -0.05) is 18.0 Å². The summed E-state index contributed by atoms with van der Waals surface area (Å²) in [4.78, 5) is 4.43. The molecule has 2 aliphatic carbocycles. The first-order chi connectivity index (χ1) is 7.90. The molecule has 0 aromatic carbocycles. The summed E-state index contributed by atoms with van der Waals surface area (Å²) < 4.78 is 5.28. The number of nitrogens with zero attached hydrogens (tertiary/aromatic N) is 2. The van der Waals surface area contributed by atoms with Gasteiger partial charge in [0.05, 0.1) is 6.54 Å². The highest BCUT2D eigenvalue weighted by Crippen LogP contribution is 2.27. The fourth-order valence-corrected chi connectivity index (χ4v) is 2.43. The van der Waals surface area contributed by atoms with E-state index in [4.69, 9.17) is 4.52 Å². The zero-order valence-electron chi connectivity index (χ0n) is 9.61. The summed E-state index contributed by atoms with van der Waals surface area (Å²) in [5, 5.41) is 7.40. The van der Waals surface area contributed by atoms with Crippen LogP contribution in [-0.2, 0) is 13.0 Å². The van der Waals surface area contributed by atoms with Crippen molar-refractivity contribution in [1.82, 2.24) is 15.5 Å². The Morgan fingerprint density at radius 3 is 2.75 bits per heavy atom. The highest BCUT2D eigenvalue weighted by atomic mass is 16.5. The Bertz CT molecular complexity index is 340. The summed E-state index contributed by atoms with van der Waals surface area (Å²) in [5.74, 6) is 2.43. The molecule has 2 aliphatic rings. The first kappa shape index (κ1) is 10.3. The molecule has 88 valence electrons. The molecule has 4 nitrogen and oxygen atoms in total. The lowest BCUT2D eigenvalue weighted by Gasteiger charge is -2.02. The molecule has 0 bridgehead atoms. The van der Waals surface area contributed by atoms with Crippen LogP contribution in [0.3, 0.4) is 0 Å². The molecule has 4 heteroatoms. The van der Waals surface area contributed by atoms with Gasteiger partial charge in [-0.3, -0.25) is 0 Å². The van der Waals surface area contributed by atoms with Crippen molar-refractivity contribution >= 4 is 0 Å². The molecule has 0 radical (unpaired) electrons. The van der Waals surface area contributed by atoms with E-state index in [1.54, 1.807) is 0 Å². The third-order valence-electron chi connectivity index (χ3n) is 3.57. The molecule has 0 amide bonds. The molecule has 2 fully saturated rings. The summed E-state index contributed by atoms with van der Waals surface area (Å²) >= 11 is 0. The van der Waals surface area contributed by atoms with Crippen molar-refractivity contribution in [2.45, 2.75) is 57.5 Å². The van der Waals surface area contributed by atoms with Crippen LogP contribution in [0.5, 0.6) is 0 Å². The van der Waals surface area contributed by atoms with Crippen molar-refractivity contribution in [3.05, 3.63) is 11.7 Å². The number of rotatable bonds is 5. The molecular formula is C12H19N3O. The fourth-order valence-electron chi connectivity index (χ4n) is 2.43. The van der Waals surface area contributed by atoms with Crippen molar-refractivity contribution in [1.29, 1.82) is 0 Å². The minimum absolute atomic E-state index is 0.705. The van der Waals surface area contributed by atoms with Gasteiger partial charge in [0.25, 0.3) is 0 Å².